The summed E-state index contributed by atoms with van der Waals surface area (Å²) in [6, 6.07) is 5.40. The molecule has 1 aliphatic carbocycles. The number of carbonyl (C=O) groups is 2. The van der Waals surface area contributed by atoms with Gasteiger partial charge in [0, 0.05) is 24.2 Å². The van der Waals surface area contributed by atoms with Crippen LogP contribution in [0.15, 0.2) is 18.2 Å². The van der Waals surface area contributed by atoms with E-state index in [0.29, 0.717) is 11.3 Å². The lowest BCUT2D eigenvalue weighted by molar-refractivity contribution is -0.114. The van der Waals surface area contributed by atoms with Crippen molar-refractivity contribution in [3.8, 4) is 0 Å². The van der Waals surface area contributed by atoms with E-state index in [1.165, 1.54) is 6.92 Å². The van der Waals surface area contributed by atoms with Crippen LogP contribution in [0.3, 0.4) is 0 Å². The van der Waals surface area contributed by atoms with Gasteiger partial charge in [-0.2, -0.15) is 0 Å². The second-order valence-corrected chi connectivity index (χ2v) is 5.69. The number of aliphatic hydroxyl groups excluding tert-OH is 1. The van der Waals surface area contributed by atoms with Gasteiger partial charge in [0.25, 0.3) is 5.91 Å². The zero-order chi connectivity index (χ0) is 15.4. The fourth-order valence-corrected chi connectivity index (χ4v) is 2.58. The number of rotatable bonds is 3. The molecule has 0 saturated heterocycles. The zero-order valence-corrected chi connectivity index (χ0v) is 12.5. The standard InChI is InChI=1S/C16H22N2O3/c1-10-3-4-12(9-15(10)17-11(2)19)16(21)18-13-5-7-14(20)8-6-13/h3-4,9,13-14,20H,5-8H2,1-2H3,(H,17,19)(H,18,21). The quantitative estimate of drug-likeness (QED) is 0.796. The number of carbonyl (C=O) groups excluding carboxylic acids is 2. The van der Waals surface area contributed by atoms with Crippen LogP contribution in [0.4, 0.5) is 5.69 Å². The summed E-state index contributed by atoms with van der Waals surface area (Å²) in [4.78, 5) is 23.4. The first-order valence-electron chi connectivity index (χ1n) is 7.33. The molecule has 1 aromatic carbocycles. The smallest absolute Gasteiger partial charge is 0.251 e. The third-order valence-corrected chi connectivity index (χ3v) is 3.84. The van der Waals surface area contributed by atoms with Crippen LogP contribution in [-0.4, -0.2) is 29.1 Å². The van der Waals surface area contributed by atoms with E-state index in [4.69, 9.17) is 0 Å². The van der Waals surface area contributed by atoms with Crippen LogP contribution < -0.4 is 10.6 Å². The lowest BCUT2D eigenvalue weighted by Crippen LogP contribution is -2.38. The number of amides is 2. The van der Waals surface area contributed by atoms with Crippen molar-refractivity contribution in [3.63, 3.8) is 0 Å². The second-order valence-electron chi connectivity index (χ2n) is 5.69. The van der Waals surface area contributed by atoms with Gasteiger partial charge >= 0.3 is 0 Å². The molecule has 21 heavy (non-hydrogen) atoms. The Morgan fingerprint density at radius 3 is 2.48 bits per heavy atom. The molecule has 1 aromatic rings. The summed E-state index contributed by atoms with van der Waals surface area (Å²) in [6.07, 6.45) is 2.84. The minimum absolute atomic E-state index is 0.117. The number of anilines is 1. The number of benzene rings is 1. The van der Waals surface area contributed by atoms with Gasteiger partial charge in [-0.05, 0) is 50.3 Å². The summed E-state index contributed by atoms with van der Waals surface area (Å²) < 4.78 is 0. The van der Waals surface area contributed by atoms with Gasteiger partial charge in [-0.15, -0.1) is 0 Å². The molecule has 0 spiro atoms. The molecular formula is C16H22N2O3. The molecule has 0 atom stereocenters. The Balaban J connectivity index is 2.03. The van der Waals surface area contributed by atoms with Crippen molar-refractivity contribution < 1.29 is 14.7 Å². The maximum atomic E-state index is 12.3. The first kappa shape index (κ1) is 15.5. The summed E-state index contributed by atoms with van der Waals surface area (Å²) >= 11 is 0. The van der Waals surface area contributed by atoms with Gasteiger partial charge in [0.05, 0.1) is 6.10 Å². The third kappa shape index (κ3) is 4.29. The summed E-state index contributed by atoms with van der Waals surface area (Å²) in [7, 11) is 0. The first-order chi connectivity index (χ1) is 9.95. The predicted octanol–water partition coefficient (Wildman–Crippen LogP) is 1.99. The molecule has 0 unspecified atom stereocenters. The highest BCUT2D eigenvalue weighted by atomic mass is 16.3. The highest BCUT2D eigenvalue weighted by molar-refractivity contribution is 5.97. The van der Waals surface area contributed by atoms with Crippen molar-refractivity contribution in [1.29, 1.82) is 0 Å². The maximum Gasteiger partial charge on any atom is 0.251 e. The fourth-order valence-electron chi connectivity index (χ4n) is 2.58. The van der Waals surface area contributed by atoms with Gasteiger partial charge in [0.15, 0.2) is 0 Å². The van der Waals surface area contributed by atoms with Gasteiger partial charge in [0.1, 0.15) is 0 Å². The van der Waals surface area contributed by atoms with E-state index in [0.717, 1.165) is 31.2 Å². The molecule has 0 radical (unpaired) electrons. The van der Waals surface area contributed by atoms with Crippen molar-refractivity contribution in [2.24, 2.45) is 0 Å². The lowest BCUT2D eigenvalue weighted by Gasteiger charge is -2.26. The zero-order valence-electron chi connectivity index (χ0n) is 12.5. The summed E-state index contributed by atoms with van der Waals surface area (Å²) in [5, 5.41) is 15.2. The van der Waals surface area contributed by atoms with Crippen molar-refractivity contribution >= 4 is 17.5 Å². The van der Waals surface area contributed by atoms with Crippen LogP contribution in [-0.2, 0) is 4.79 Å². The van der Waals surface area contributed by atoms with E-state index < -0.39 is 0 Å². The Morgan fingerprint density at radius 1 is 1.19 bits per heavy atom. The minimum atomic E-state index is -0.233. The maximum absolute atomic E-state index is 12.3. The Labute approximate surface area is 124 Å². The van der Waals surface area contributed by atoms with Gasteiger partial charge in [-0.1, -0.05) is 6.07 Å². The molecule has 1 saturated carbocycles. The van der Waals surface area contributed by atoms with Gasteiger partial charge in [-0.3, -0.25) is 9.59 Å². The van der Waals surface area contributed by atoms with Crippen LogP contribution >= 0.6 is 0 Å². The molecule has 1 fully saturated rings. The highest BCUT2D eigenvalue weighted by Crippen LogP contribution is 2.20. The van der Waals surface area contributed by atoms with Gasteiger partial charge in [0.2, 0.25) is 5.91 Å². The second kappa shape index (κ2) is 6.72. The monoisotopic (exact) mass is 290 g/mol. The molecule has 2 rings (SSSR count). The first-order valence-corrected chi connectivity index (χ1v) is 7.33. The minimum Gasteiger partial charge on any atom is -0.393 e. The van der Waals surface area contributed by atoms with E-state index in [1.807, 2.05) is 13.0 Å². The summed E-state index contributed by atoms with van der Waals surface area (Å²) in [5.41, 5.74) is 2.12. The van der Waals surface area contributed by atoms with E-state index in [1.54, 1.807) is 12.1 Å². The fraction of sp³-hybridized carbons (Fsp3) is 0.500. The van der Waals surface area contributed by atoms with Crippen molar-refractivity contribution in [2.45, 2.75) is 51.7 Å². The molecule has 0 aliphatic heterocycles. The number of hydrogen-bond acceptors (Lipinski definition) is 3. The number of aliphatic hydroxyl groups is 1. The van der Waals surface area contributed by atoms with Crippen molar-refractivity contribution in [3.05, 3.63) is 29.3 Å². The average molecular weight is 290 g/mol. The third-order valence-electron chi connectivity index (χ3n) is 3.84. The normalized spacial score (nSPS) is 21.7. The van der Waals surface area contributed by atoms with Crippen LogP contribution in [0.25, 0.3) is 0 Å². The molecule has 0 aromatic heterocycles. The molecule has 0 heterocycles. The van der Waals surface area contributed by atoms with E-state index in [9.17, 15) is 14.7 Å². The van der Waals surface area contributed by atoms with Crippen LogP contribution in [0.2, 0.25) is 0 Å². The van der Waals surface area contributed by atoms with E-state index in [2.05, 4.69) is 10.6 Å². The van der Waals surface area contributed by atoms with Crippen LogP contribution in [0, 0.1) is 6.92 Å². The topological polar surface area (TPSA) is 78.4 Å². The largest absolute Gasteiger partial charge is 0.393 e. The Morgan fingerprint density at radius 2 is 1.86 bits per heavy atom. The summed E-state index contributed by atoms with van der Waals surface area (Å²) in [6.45, 7) is 3.33. The molecular weight excluding hydrogens is 268 g/mol. The molecule has 0 bridgehead atoms. The molecule has 5 nitrogen and oxygen atoms in total. The van der Waals surface area contributed by atoms with Crippen LogP contribution in [0.1, 0.15) is 48.5 Å². The van der Waals surface area contributed by atoms with Crippen molar-refractivity contribution in [1.82, 2.24) is 5.32 Å². The molecule has 1 aliphatic rings. The number of aryl methyl sites for hydroxylation is 1. The number of hydrogen-bond donors (Lipinski definition) is 3. The molecule has 5 heteroatoms. The Bertz CT molecular complexity index is 534. The molecule has 3 N–H and O–H groups in total. The van der Waals surface area contributed by atoms with Gasteiger partial charge < -0.3 is 15.7 Å². The van der Waals surface area contributed by atoms with Crippen LogP contribution in [0.5, 0.6) is 0 Å². The number of nitrogens with one attached hydrogen (secondary N) is 2. The molecule has 114 valence electrons. The average Bonchev–Trinajstić information content (AvgIpc) is 2.43. The summed E-state index contributed by atoms with van der Waals surface area (Å²) in [5.74, 6) is -0.292. The highest BCUT2D eigenvalue weighted by Gasteiger charge is 2.21. The molecule has 2 amide bonds. The van der Waals surface area contributed by atoms with Crippen molar-refractivity contribution in [2.75, 3.05) is 5.32 Å². The van der Waals surface area contributed by atoms with E-state index in [-0.39, 0.29) is 24.0 Å². The predicted molar refractivity (Wildman–Crippen MR) is 81.2 cm³/mol. The van der Waals surface area contributed by atoms with E-state index >= 15 is 0 Å². The Hall–Kier alpha value is -1.88. The SMILES string of the molecule is CC(=O)Nc1cc(C(=O)NC2CCC(O)CC2)ccc1C. The van der Waals surface area contributed by atoms with Gasteiger partial charge in [-0.25, -0.2) is 0 Å². The Kier molecular flexibility index (Phi) is 4.96. The lowest BCUT2D eigenvalue weighted by atomic mass is 9.93.